The number of carbonyl (C=O) groups excluding carboxylic acids is 2. The van der Waals surface area contributed by atoms with Crippen LogP contribution in [-0.2, 0) is 4.79 Å². The summed E-state index contributed by atoms with van der Waals surface area (Å²) in [4.78, 5) is 27.6. The van der Waals surface area contributed by atoms with Crippen molar-refractivity contribution in [3.05, 3.63) is 23.8 Å². The molecule has 2 aliphatic heterocycles. The van der Waals surface area contributed by atoms with Crippen molar-refractivity contribution >= 4 is 41.7 Å². The lowest BCUT2D eigenvalue weighted by Gasteiger charge is -2.32. The normalized spacial score (nSPS) is 20.5. The molecule has 1 saturated heterocycles. The fraction of sp³-hybridized carbons (Fsp3) is 0.556. The Labute approximate surface area is 159 Å². The number of nitrogens with zero attached hydrogens (tertiary/aromatic N) is 1. The van der Waals surface area contributed by atoms with Crippen LogP contribution in [0.3, 0.4) is 0 Å². The summed E-state index contributed by atoms with van der Waals surface area (Å²) in [6.07, 6.45) is 3.32. The van der Waals surface area contributed by atoms with Gasteiger partial charge in [-0.2, -0.15) is 0 Å². The quantitative estimate of drug-likeness (QED) is 0.839. The largest absolute Gasteiger partial charge is 0.339 e. The predicted molar refractivity (Wildman–Crippen MR) is 105 cm³/mol. The fourth-order valence-electron chi connectivity index (χ4n) is 3.30. The number of nitrogens with one attached hydrogen (secondary N) is 2. The van der Waals surface area contributed by atoms with Gasteiger partial charge in [0.1, 0.15) is 0 Å². The number of anilines is 1. The van der Waals surface area contributed by atoms with E-state index in [2.05, 4.69) is 10.6 Å². The molecule has 0 aromatic heterocycles. The molecule has 1 aromatic carbocycles. The summed E-state index contributed by atoms with van der Waals surface area (Å²) in [5.41, 5.74) is 1.43. The number of hydrogen-bond acceptors (Lipinski definition) is 4. The lowest BCUT2D eigenvalue weighted by molar-refractivity contribution is -0.115. The summed E-state index contributed by atoms with van der Waals surface area (Å²) in [6.45, 7) is 4.57. The van der Waals surface area contributed by atoms with Crippen molar-refractivity contribution in [3.8, 4) is 0 Å². The van der Waals surface area contributed by atoms with Gasteiger partial charge in [-0.25, -0.2) is 0 Å². The molecule has 138 valence electrons. The summed E-state index contributed by atoms with van der Waals surface area (Å²) in [5, 5.41) is 6.01. The molecule has 2 aliphatic rings. The molecule has 7 heteroatoms. The molecule has 0 saturated carbocycles. The van der Waals surface area contributed by atoms with Crippen LogP contribution in [0.1, 0.15) is 36.5 Å². The number of thioether (sulfide) groups is 1. The Balaban J connectivity index is 0.00000225. The van der Waals surface area contributed by atoms with Gasteiger partial charge in [-0.15, -0.1) is 24.2 Å². The molecule has 0 radical (unpaired) electrons. The van der Waals surface area contributed by atoms with Gasteiger partial charge in [0.2, 0.25) is 5.91 Å². The predicted octanol–water partition coefficient (Wildman–Crippen LogP) is 3.00. The summed E-state index contributed by atoms with van der Waals surface area (Å²) in [5.74, 6) is 0.785. The van der Waals surface area contributed by atoms with Gasteiger partial charge in [-0.3, -0.25) is 9.59 Å². The van der Waals surface area contributed by atoms with Gasteiger partial charge in [0.15, 0.2) is 0 Å². The molecule has 3 rings (SSSR count). The minimum Gasteiger partial charge on any atom is -0.339 e. The van der Waals surface area contributed by atoms with Crippen molar-refractivity contribution in [2.45, 2.75) is 36.3 Å². The fourth-order valence-corrected chi connectivity index (χ4v) is 4.23. The Morgan fingerprint density at radius 3 is 2.76 bits per heavy atom. The summed E-state index contributed by atoms with van der Waals surface area (Å²) in [7, 11) is 1.98. The number of carbonyl (C=O) groups is 2. The van der Waals surface area contributed by atoms with Gasteiger partial charge in [-0.05, 0) is 63.9 Å². The average molecular weight is 384 g/mol. The number of benzene rings is 1. The highest BCUT2D eigenvalue weighted by Crippen LogP contribution is 2.36. The molecule has 0 bridgehead atoms. The van der Waals surface area contributed by atoms with Crippen LogP contribution in [0.2, 0.25) is 0 Å². The molecule has 0 aliphatic carbocycles. The van der Waals surface area contributed by atoms with Gasteiger partial charge in [0.25, 0.3) is 5.91 Å². The number of hydrogen-bond donors (Lipinski definition) is 2. The molecule has 1 aromatic rings. The van der Waals surface area contributed by atoms with E-state index >= 15 is 0 Å². The Kier molecular flexibility index (Phi) is 7.16. The third kappa shape index (κ3) is 4.68. The average Bonchev–Trinajstić information content (AvgIpc) is 2.60. The highest BCUT2D eigenvalue weighted by molar-refractivity contribution is 8.00. The zero-order chi connectivity index (χ0) is 17.1. The lowest BCUT2D eigenvalue weighted by atomic mass is 9.93. The van der Waals surface area contributed by atoms with Crippen LogP contribution in [0.15, 0.2) is 23.1 Å². The highest BCUT2D eigenvalue weighted by Gasteiger charge is 2.26. The zero-order valence-corrected chi connectivity index (χ0v) is 16.3. The first kappa shape index (κ1) is 20.1. The smallest absolute Gasteiger partial charge is 0.253 e. The summed E-state index contributed by atoms with van der Waals surface area (Å²) >= 11 is 1.54. The minimum absolute atomic E-state index is 0. The standard InChI is InChI=1S/C18H25N3O2S.ClH/c1-12-17(22)20-15-11-14(3-4-16(15)24-12)18(23)21-9-6-13(7-10-21)5-8-19-2;/h3-4,11-13,19H,5-10H2,1-2H3,(H,20,22);1H. The van der Waals surface area contributed by atoms with E-state index in [1.54, 1.807) is 11.8 Å². The second kappa shape index (κ2) is 8.92. The number of amides is 2. The van der Waals surface area contributed by atoms with Crippen molar-refractivity contribution in [1.82, 2.24) is 10.2 Å². The molecule has 1 atom stereocenters. The third-order valence-electron chi connectivity index (χ3n) is 4.86. The molecule has 2 N–H and O–H groups in total. The number of rotatable bonds is 4. The van der Waals surface area contributed by atoms with E-state index in [9.17, 15) is 9.59 Å². The van der Waals surface area contributed by atoms with Crippen molar-refractivity contribution in [3.63, 3.8) is 0 Å². The number of halogens is 1. The van der Waals surface area contributed by atoms with E-state index in [-0.39, 0.29) is 29.5 Å². The zero-order valence-electron chi connectivity index (χ0n) is 14.7. The van der Waals surface area contributed by atoms with Crippen LogP contribution in [-0.4, -0.2) is 48.6 Å². The second-order valence-electron chi connectivity index (χ2n) is 6.59. The third-order valence-corrected chi connectivity index (χ3v) is 6.04. The maximum absolute atomic E-state index is 12.7. The van der Waals surface area contributed by atoms with E-state index < -0.39 is 0 Å². The minimum atomic E-state index is -0.0873. The van der Waals surface area contributed by atoms with Gasteiger partial charge in [-0.1, -0.05) is 0 Å². The number of piperidine rings is 1. The van der Waals surface area contributed by atoms with Crippen LogP contribution in [0.5, 0.6) is 0 Å². The van der Waals surface area contributed by atoms with Crippen LogP contribution in [0.4, 0.5) is 5.69 Å². The summed E-state index contributed by atoms with van der Waals surface area (Å²) < 4.78 is 0. The Morgan fingerprint density at radius 1 is 1.36 bits per heavy atom. The second-order valence-corrected chi connectivity index (χ2v) is 7.97. The molecular weight excluding hydrogens is 358 g/mol. The van der Waals surface area contributed by atoms with E-state index in [1.165, 1.54) is 6.42 Å². The van der Waals surface area contributed by atoms with Crippen LogP contribution in [0.25, 0.3) is 0 Å². The molecule has 2 heterocycles. The van der Waals surface area contributed by atoms with Crippen LogP contribution < -0.4 is 10.6 Å². The van der Waals surface area contributed by atoms with Gasteiger partial charge in [0.05, 0.1) is 10.9 Å². The van der Waals surface area contributed by atoms with Crippen LogP contribution >= 0.6 is 24.2 Å². The van der Waals surface area contributed by atoms with Gasteiger partial charge >= 0.3 is 0 Å². The first-order chi connectivity index (χ1) is 11.6. The topological polar surface area (TPSA) is 61.4 Å². The number of likely N-dealkylation sites (tertiary alicyclic amines) is 1. The Morgan fingerprint density at radius 2 is 2.08 bits per heavy atom. The molecular formula is C18H26ClN3O2S. The van der Waals surface area contributed by atoms with Crippen LogP contribution in [0, 0.1) is 5.92 Å². The van der Waals surface area contributed by atoms with Gasteiger partial charge < -0.3 is 15.5 Å². The van der Waals surface area contributed by atoms with E-state index in [0.717, 1.165) is 43.1 Å². The first-order valence-corrected chi connectivity index (χ1v) is 9.52. The number of fused-ring (bicyclic) bond motifs is 1. The van der Waals surface area contributed by atoms with Crippen molar-refractivity contribution in [1.29, 1.82) is 0 Å². The molecule has 0 spiro atoms. The van der Waals surface area contributed by atoms with E-state index in [0.29, 0.717) is 11.5 Å². The van der Waals surface area contributed by atoms with E-state index in [4.69, 9.17) is 0 Å². The monoisotopic (exact) mass is 383 g/mol. The summed E-state index contributed by atoms with van der Waals surface area (Å²) in [6, 6.07) is 5.65. The maximum atomic E-state index is 12.7. The first-order valence-electron chi connectivity index (χ1n) is 8.64. The molecule has 1 unspecified atom stereocenters. The Hall–Kier alpha value is -1.24. The maximum Gasteiger partial charge on any atom is 0.253 e. The van der Waals surface area contributed by atoms with Crippen molar-refractivity contribution in [2.75, 3.05) is 32.0 Å². The molecule has 2 amide bonds. The van der Waals surface area contributed by atoms with Crippen molar-refractivity contribution < 1.29 is 9.59 Å². The van der Waals surface area contributed by atoms with Crippen molar-refractivity contribution in [2.24, 2.45) is 5.92 Å². The Bertz CT molecular complexity index is 633. The molecule has 25 heavy (non-hydrogen) atoms. The van der Waals surface area contributed by atoms with Gasteiger partial charge in [0, 0.05) is 23.5 Å². The molecule has 5 nitrogen and oxygen atoms in total. The highest BCUT2D eigenvalue weighted by atomic mass is 35.5. The SMILES string of the molecule is CNCCC1CCN(C(=O)c2ccc3c(c2)NC(=O)C(C)S3)CC1.Cl. The molecule has 1 fully saturated rings. The lowest BCUT2D eigenvalue weighted by Crippen LogP contribution is -2.39. The van der Waals surface area contributed by atoms with E-state index in [1.807, 2.05) is 37.1 Å².